The average Bonchev–Trinajstić information content (AvgIpc) is 2.44. The van der Waals surface area contributed by atoms with Crippen LogP contribution in [-0.4, -0.2) is 41.8 Å². The Morgan fingerprint density at radius 2 is 1.57 bits per heavy atom. The number of ether oxygens (including phenoxy) is 3. The first kappa shape index (κ1) is 21.8. The molecule has 0 heterocycles. The van der Waals surface area contributed by atoms with Gasteiger partial charge in [0.05, 0.1) is 13.2 Å². The van der Waals surface area contributed by atoms with E-state index in [0.717, 1.165) is 6.42 Å². The Labute approximate surface area is 142 Å². The Morgan fingerprint density at radius 3 is 2.04 bits per heavy atom. The highest BCUT2D eigenvalue weighted by Gasteiger charge is 2.46. The van der Waals surface area contributed by atoms with Gasteiger partial charge in [-0.1, -0.05) is 34.1 Å². The molecule has 0 aromatic rings. The monoisotopic (exact) mass is 348 g/mol. The number of unbranched alkanes of at least 4 members (excludes halogenated alkanes) is 1. The maximum atomic E-state index is 12.3. The van der Waals surface area contributed by atoms with Crippen molar-refractivity contribution < 1.29 is 28.6 Å². The van der Waals surface area contributed by atoms with E-state index in [4.69, 9.17) is 9.47 Å². The summed E-state index contributed by atoms with van der Waals surface area (Å²) in [4.78, 5) is 36.0. The third-order valence-corrected chi connectivity index (χ3v) is 4.45. The van der Waals surface area contributed by atoms with Crippen molar-refractivity contribution in [1.82, 2.24) is 0 Å². The van der Waals surface area contributed by atoms with Gasteiger partial charge in [-0.2, -0.15) is 11.8 Å². The third kappa shape index (κ3) is 8.25. The Hall–Kier alpha value is -1.24. The van der Waals surface area contributed by atoms with Crippen LogP contribution in [0.25, 0.3) is 0 Å². The lowest BCUT2D eigenvalue weighted by Gasteiger charge is -2.27. The van der Waals surface area contributed by atoms with E-state index in [2.05, 4.69) is 4.74 Å². The molecule has 0 saturated carbocycles. The molecule has 0 amide bonds. The second kappa shape index (κ2) is 9.80. The maximum absolute atomic E-state index is 12.3. The summed E-state index contributed by atoms with van der Waals surface area (Å²) in [7, 11) is 0. The highest BCUT2D eigenvalue weighted by molar-refractivity contribution is 8.00. The highest BCUT2D eigenvalue weighted by Crippen LogP contribution is 2.33. The SMILES string of the molecule is CCCCOC(=O)OC(=O)[C@](C)(CSC(C)(C)C)C(=O)OCC. The quantitative estimate of drug-likeness (QED) is 0.377. The number of esters is 2. The normalized spacial score (nSPS) is 13.8. The Kier molecular flexibility index (Phi) is 9.27. The van der Waals surface area contributed by atoms with Crippen molar-refractivity contribution in [3.05, 3.63) is 0 Å². The second-order valence-electron chi connectivity index (χ2n) is 6.30. The zero-order valence-electron chi connectivity index (χ0n) is 14.9. The smallest absolute Gasteiger partial charge is 0.465 e. The highest BCUT2D eigenvalue weighted by atomic mass is 32.2. The van der Waals surface area contributed by atoms with Gasteiger partial charge in [-0.15, -0.1) is 0 Å². The van der Waals surface area contributed by atoms with Gasteiger partial charge in [0.2, 0.25) is 0 Å². The van der Waals surface area contributed by atoms with Gasteiger partial charge in [0.25, 0.3) is 0 Å². The van der Waals surface area contributed by atoms with Crippen molar-refractivity contribution in [3.8, 4) is 0 Å². The molecule has 0 bridgehead atoms. The van der Waals surface area contributed by atoms with Crippen molar-refractivity contribution in [1.29, 1.82) is 0 Å². The fourth-order valence-electron chi connectivity index (χ4n) is 1.37. The van der Waals surface area contributed by atoms with Gasteiger partial charge in [0.1, 0.15) is 0 Å². The molecule has 0 N–H and O–H groups in total. The number of thioether (sulfide) groups is 1. The minimum atomic E-state index is -1.56. The summed E-state index contributed by atoms with van der Waals surface area (Å²) < 4.78 is 14.3. The summed E-state index contributed by atoms with van der Waals surface area (Å²) in [6.07, 6.45) is 0.446. The number of rotatable bonds is 8. The molecule has 23 heavy (non-hydrogen) atoms. The fourth-order valence-corrected chi connectivity index (χ4v) is 2.33. The maximum Gasteiger partial charge on any atom is 0.516 e. The molecular formula is C16H28O6S. The molecule has 0 aliphatic heterocycles. The van der Waals surface area contributed by atoms with Crippen LogP contribution in [0.15, 0.2) is 0 Å². The largest absolute Gasteiger partial charge is 0.516 e. The molecule has 0 spiro atoms. The number of hydrogen-bond acceptors (Lipinski definition) is 7. The van der Waals surface area contributed by atoms with E-state index >= 15 is 0 Å². The Balaban J connectivity index is 4.93. The van der Waals surface area contributed by atoms with Gasteiger partial charge in [0, 0.05) is 10.5 Å². The predicted octanol–water partition coefficient (Wildman–Crippen LogP) is 3.57. The van der Waals surface area contributed by atoms with E-state index in [1.165, 1.54) is 18.7 Å². The van der Waals surface area contributed by atoms with E-state index < -0.39 is 23.5 Å². The van der Waals surface area contributed by atoms with Gasteiger partial charge < -0.3 is 14.2 Å². The Bertz CT molecular complexity index is 415. The van der Waals surface area contributed by atoms with E-state index in [0.29, 0.717) is 6.42 Å². The molecule has 134 valence electrons. The van der Waals surface area contributed by atoms with E-state index in [9.17, 15) is 14.4 Å². The van der Waals surface area contributed by atoms with Crippen LogP contribution in [-0.2, 0) is 23.8 Å². The first-order valence-corrected chi connectivity index (χ1v) is 8.75. The Morgan fingerprint density at radius 1 is 0.957 bits per heavy atom. The first-order valence-electron chi connectivity index (χ1n) is 7.77. The van der Waals surface area contributed by atoms with Gasteiger partial charge in [-0.3, -0.25) is 9.59 Å². The van der Waals surface area contributed by atoms with Gasteiger partial charge >= 0.3 is 18.1 Å². The van der Waals surface area contributed by atoms with Gasteiger partial charge in [0.15, 0.2) is 5.41 Å². The minimum Gasteiger partial charge on any atom is -0.465 e. The molecule has 7 heteroatoms. The van der Waals surface area contributed by atoms with Crippen LogP contribution in [0.4, 0.5) is 4.79 Å². The lowest BCUT2D eigenvalue weighted by atomic mass is 9.93. The standard InChI is InChI=1S/C16H28O6S/c1-7-9-10-21-14(19)22-13(18)16(6,12(17)20-8-2)11-23-15(3,4)5/h7-11H2,1-6H3/t16-/m1/s1. The summed E-state index contributed by atoms with van der Waals surface area (Å²) in [5.41, 5.74) is -1.56. The zero-order valence-corrected chi connectivity index (χ0v) is 15.7. The molecule has 1 atom stereocenters. The summed E-state index contributed by atoms with van der Waals surface area (Å²) in [5, 5.41) is 0. The molecule has 0 aromatic carbocycles. The van der Waals surface area contributed by atoms with Gasteiger partial charge in [-0.25, -0.2) is 4.79 Å². The molecule has 0 rings (SSSR count). The zero-order chi connectivity index (χ0) is 18.1. The molecule has 0 unspecified atom stereocenters. The van der Waals surface area contributed by atoms with E-state index in [1.807, 2.05) is 27.7 Å². The number of carbonyl (C=O) groups excluding carboxylic acids is 3. The second-order valence-corrected chi connectivity index (χ2v) is 8.10. The van der Waals surface area contributed by atoms with Crippen molar-refractivity contribution in [3.63, 3.8) is 0 Å². The summed E-state index contributed by atoms with van der Waals surface area (Å²) in [5.74, 6) is -1.51. The van der Waals surface area contributed by atoms with Crippen molar-refractivity contribution in [2.75, 3.05) is 19.0 Å². The van der Waals surface area contributed by atoms with Crippen LogP contribution in [0.1, 0.15) is 54.4 Å². The molecule has 0 fully saturated rings. The minimum absolute atomic E-state index is 0.142. The van der Waals surface area contributed by atoms with Crippen molar-refractivity contribution in [2.24, 2.45) is 5.41 Å². The lowest BCUT2D eigenvalue weighted by molar-refractivity contribution is -0.166. The lowest BCUT2D eigenvalue weighted by Crippen LogP contribution is -2.43. The van der Waals surface area contributed by atoms with Crippen molar-refractivity contribution >= 4 is 29.9 Å². The molecule has 0 aliphatic rings. The number of hydrogen-bond donors (Lipinski definition) is 0. The molecule has 6 nitrogen and oxygen atoms in total. The van der Waals surface area contributed by atoms with Crippen LogP contribution in [0.3, 0.4) is 0 Å². The molecule has 0 aromatic heterocycles. The van der Waals surface area contributed by atoms with Crippen LogP contribution in [0, 0.1) is 5.41 Å². The van der Waals surface area contributed by atoms with E-state index in [1.54, 1.807) is 6.92 Å². The molecular weight excluding hydrogens is 320 g/mol. The molecule has 0 saturated heterocycles. The van der Waals surface area contributed by atoms with Crippen molar-refractivity contribution in [2.45, 2.75) is 59.1 Å². The first-order chi connectivity index (χ1) is 10.6. The summed E-state index contributed by atoms with van der Waals surface area (Å²) in [6.45, 7) is 11.2. The molecule has 0 radical (unpaired) electrons. The third-order valence-electron chi connectivity index (χ3n) is 2.86. The summed E-state index contributed by atoms with van der Waals surface area (Å²) in [6, 6.07) is 0. The number of carbonyl (C=O) groups is 3. The van der Waals surface area contributed by atoms with Crippen LogP contribution < -0.4 is 0 Å². The van der Waals surface area contributed by atoms with Crippen LogP contribution >= 0.6 is 11.8 Å². The predicted molar refractivity (Wildman–Crippen MR) is 89.3 cm³/mol. The average molecular weight is 348 g/mol. The summed E-state index contributed by atoms with van der Waals surface area (Å²) >= 11 is 1.42. The van der Waals surface area contributed by atoms with E-state index in [-0.39, 0.29) is 23.7 Å². The molecule has 0 aliphatic carbocycles. The van der Waals surface area contributed by atoms with Crippen LogP contribution in [0.5, 0.6) is 0 Å². The van der Waals surface area contributed by atoms with Crippen LogP contribution in [0.2, 0.25) is 0 Å². The topological polar surface area (TPSA) is 78.9 Å². The fraction of sp³-hybridized carbons (Fsp3) is 0.812. The van der Waals surface area contributed by atoms with Gasteiger partial charge in [-0.05, 0) is 20.3 Å².